The number of amides is 1. The molecule has 1 saturated heterocycles. The normalized spacial score (nSPS) is 18.5. The number of ketones is 1. The summed E-state index contributed by atoms with van der Waals surface area (Å²) in [5, 5.41) is 13.6. The number of aryl methyl sites for hydroxylation is 1. The van der Waals surface area contributed by atoms with Crippen molar-refractivity contribution in [3.63, 3.8) is 0 Å². The first-order valence-corrected chi connectivity index (χ1v) is 10.2. The summed E-state index contributed by atoms with van der Waals surface area (Å²) < 4.78 is 11.1. The lowest BCUT2D eigenvalue weighted by Gasteiger charge is -2.26. The second kappa shape index (κ2) is 8.93. The van der Waals surface area contributed by atoms with Gasteiger partial charge in [0.1, 0.15) is 23.3 Å². The average Bonchev–Trinajstić information content (AvgIpc) is 3.23. The maximum absolute atomic E-state index is 13.3. The molecule has 7 nitrogen and oxygen atoms in total. The van der Waals surface area contributed by atoms with Crippen LogP contribution in [-0.2, 0) is 9.59 Å². The van der Waals surface area contributed by atoms with E-state index in [0.717, 1.165) is 4.90 Å². The Balaban J connectivity index is 2.10. The molecule has 1 N–H and O–H groups in total. The molecule has 0 spiro atoms. The Morgan fingerprint density at radius 3 is 2.57 bits per heavy atom. The Bertz CT molecular complexity index is 995. The number of benzene rings is 1. The van der Waals surface area contributed by atoms with Gasteiger partial charge in [-0.25, -0.2) is 0 Å². The van der Waals surface area contributed by atoms with Gasteiger partial charge in [0.2, 0.25) is 5.78 Å². The molecule has 8 heteroatoms. The number of hydrogen-bond acceptors (Lipinski definition) is 5. The second-order valence-corrected chi connectivity index (χ2v) is 7.86. The van der Waals surface area contributed by atoms with Crippen LogP contribution in [0.1, 0.15) is 30.0 Å². The zero-order valence-corrected chi connectivity index (χ0v) is 18.2. The fourth-order valence-corrected chi connectivity index (χ4v) is 3.65. The van der Waals surface area contributed by atoms with Crippen LogP contribution in [0.2, 0.25) is 5.02 Å². The highest BCUT2D eigenvalue weighted by atomic mass is 35.5. The van der Waals surface area contributed by atoms with Gasteiger partial charge in [0.15, 0.2) is 0 Å². The number of carbonyl (C=O) groups excluding carboxylic acids is 2. The molecule has 1 aromatic heterocycles. The van der Waals surface area contributed by atoms with E-state index in [1.165, 1.54) is 11.0 Å². The summed E-state index contributed by atoms with van der Waals surface area (Å²) >= 11 is 6.22. The molecule has 0 aliphatic carbocycles. The van der Waals surface area contributed by atoms with Crippen LogP contribution in [0, 0.1) is 6.92 Å². The fourth-order valence-electron chi connectivity index (χ4n) is 3.41. The highest BCUT2D eigenvalue weighted by Crippen LogP contribution is 2.39. The topological polar surface area (TPSA) is 87.2 Å². The molecule has 1 unspecified atom stereocenters. The Morgan fingerprint density at radius 2 is 2.00 bits per heavy atom. The molecule has 3 rings (SSSR count). The van der Waals surface area contributed by atoms with Crippen molar-refractivity contribution in [3.8, 4) is 5.75 Å². The van der Waals surface area contributed by atoms with E-state index in [9.17, 15) is 14.7 Å². The van der Waals surface area contributed by atoms with Gasteiger partial charge in [0.05, 0.1) is 38.8 Å². The molecule has 1 aliphatic rings. The third-order valence-electron chi connectivity index (χ3n) is 4.91. The number of carbonyl (C=O) groups is 2. The van der Waals surface area contributed by atoms with Gasteiger partial charge in [0, 0.05) is 5.57 Å². The maximum Gasteiger partial charge on any atom is 0.295 e. The van der Waals surface area contributed by atoms with Crippen molar-refractivity contribution in [2.45, 2.75) is 19.9 Å². The van der Waals surface area contributed by atoms with E-state index in [-0.39, 0.29) is 16.2 Å². The molecule has 2 aromatic rings. The molecule has 2 heterocycles. The number of nitrogens with one attached hydrogen (secondary N) is 1. The molecule has 0 bridgehead atoms. The molecule has 160 valence electrons. The molecular formula is C22H25ClN2O5. The molecular weight excluding hydrogens is 408 g/mol. The summed E-state index contributed by atoms with van der Waals surface area (Å²) in [6.45, 7) is 4.96. The Hall–Kier alpha value is -2.77. The number of likely N-dealkylation sites (N-methyl/N-ethyl adjacent to an activating group) is 1. The van der Waals surface area contributed by atoms with E-state index in [4.69, 9.17) is 20.8 Å². The Kier molecular flexibility index (Phi) is 6.53. The summed E-state index contributed by atoms with van der Waals surface area (Å²) in [5.74, 6) is -0.583. The van der Waals surface area contributed by atoms with Crippen LogP contribution in [-0.4, -0.2) is 50.4 Å². The van der Waals surface area contributed by atoms with Gasteiger partial charge >= 0.3 is 0 Å². The molecule has 30 heavy (non-hydrogen) atoms. The highest BCUT2D eigenvalue weighted by Gasteiger charge is 2.45. The Labute approximate surface area is 180 Å². The van der Waals surface area contributed by atoms with Crippen molar-refractivity contribution >= 4 is 29.1 Å². The predicted molar refractivity (Wildman–Crippen MR) is 110 cm³/mol. The standard InChI is InChI=1S/C22H25ClN2O5/c1-5-29-16-9-7-14(12-15(16)23)20(26)18-19(17-8-6-13(2)30-17)25(11-10-24(3)4)22(28)21(18)27/h6-9,12,19,26H,5,10-11H2,1-4H3/b20-18+. The first kappa shape index (κ1) is 21.9. The van der Waals surface area contributed by atoms with Crippen LogP contribution >= 0.6 is 11.6 Å². The lowest BCUT2D eigenvalue weighted by Crippen LogP contribution is -3.06. The van der Waals surface area contributed by atoms with E-state index >= 15 is 0 Å². The van der Waals surface area contributed by atoms with E-state index in [1.807, 2.05) is 21.0 Å². The van der Waals surface area contributed by atoms with E-state index in [1.54, 1.807) is 31.2 Å². The quantitative estimate of drug-likeness (QED) is 0.401. The van der Waals surface area contributed by atoms with Crippen molar-refractivity contribution in [1.82, 2.24) is 4.90 Å². The third-order valence-corrected chi connectivity index (χ3v) is 5.20. The van der Waals surface area contributed by atoms with Crippen molar-refractivity contribution in [2.75, 3.05) is 33.8 Å². The number of ether oxygens (including phenoxy) is 1. The van der Waals surface area contributed by atoms with Crippen molar-refractivity contribution in [1.29, 1.82) is 0 Å². The largest absolute Gasteiger partial charge is 0.872 e. The zero-order chi connectivity index (χ0) is 22.0. The Morgan fingerprint density at radius 1 is 1.27 bits per heavy atom. The molecule has 1 aromatic carbocycles. The zero-order valence-electron chi connectivity index (χ0n) is 17.5. The first-order valence-electron chi connectivity index (χ1n) is 9.79. The van der Waals surface area contributed by atoms with Gasteiger partial charge in [0.25, 0.3) is 5.91 Å². The van der Waals surface area contributed by atoms with Gasteiger partial charge in [-0.1, -0.05) is 23.4 Å². The minimum Gasteiger partial charge on any atom is -0.872 e. The molecule has 1 atom stereocenters. The number of likely N-dealkylation sites (tertiary alicyclic amines) is 1. The number of halogens is 1. The van der Waals surface area contributed by atoms with Crippen LogP contribution < -0.4 is 14.7 Å². The van der Waals surface area contributed by atoms with Crippen molar-refractivity contribution in [3.05, 3.63) is 58.0 Å². The number of quaternary nitrogens is 1. The van der Waals surface area contributed by atoms with E-state index in [0.29, 0.717) is 37.0 Å². The molecule has 0 saturated carbocycles. The summed E-state index contributed by atoms with van der Waals surface area (Å²) in [5.41, 5.74) is 0.0938. The molecule has 1 fully saturated rings. The van der Waals surface area contributed by atoms with Gasteiger partial charge in [-0.2, -0.15) is 0 Å². The molecule has 0 radical (unpaired) electrons. The van der Waals surface area contributed by atoms with Crippen LogP contribution in [0.15, 0.2) is 40.3 Å². The predicted octanol–water partition coefficient (Wildman–Crippen LogP) is 1.01. The van der Waals surface area contributed by atoms with Crippen molar-refractivity contribution < 1.29 is 28.7 Å². The van der Waals surface area contributed by atoms with E-state index in [2.05, 4.69) is 0 Å². The third kappa shape index (κ3) is 4.22. The fraction of sp³-hybridized carbons (Fsp3) is 0.364. The van der Waals surface area contributed by atoms with Gasteiger partial charge < -0.3 is 24.1 Å². The summed E-state index contributed by atoms with van der Waals surface area (Å²) in [6, 6.07) is 7.15. The summed E-state index contributed by atoms with van der Waals surface area (Å²) in [4.78, 5) is 28.2. The van der Waals surface area contributed by atoms with Gasteiger partial charge in [-0.05, 0) is 43.7 Å². The minimum atomic E-state index is -0.865. The lowest BCUT2D eigenvalue weighted by molar-refractivity contribution is -0.857. The maximum atomic E-state index is 13.3. The number of nitrogens with zero attached hydrogens (tertiary/aromatic N) is 1. The van der Waals surface area contributed by atoms with E-state index < -0.39 is 23.5 Å². The number of Topliss-reactive ketones (excluding diaryl/α,β-unsaturated/α-hetero) is 1. The smallest absolute Gasteiger partial charge is 0.295 e. The minimum absolute atomic E-state index is 0.122. The second-order valence-electron chi connectivity index (χ2n) is 7.46. The SMILES string of the molecule is CCOc1ccc(/C([O-])=C2\C(=O)C(=O)N(CC[NH+](C)C)C2c2ccc(C)o2)cc1Cl. The monoisotopic (exact) mass is 432 g/mol. The van der Waals surface area contributed by atoms with Crippen LogP contribution in [0.4, 0.5) is 0 Å². The number of furan rings is 1. The number of rotatable bonds is 7. The number of hydrogen-bond donors (Lipinski definition) is 1. The molecule has 1 aliphatic heterocycles. The van der Waals surface area contributed by atoms with Gasteiger partial charge in [-0.3, -0.25) is 9.59 Å². The first-order chi connectivity index (χ1) is 14.2. The van der Waals surface area contributed by atoms with Crippen LogP contribution in [0.25, 0.3) is 5.76 Å². The van der Waals surface area contributed by atoms with Crippen LogP contribution in [0.5, 0.6) is 5.75 Å². The lowest BCUT2D eigenvalue weighted by atomic mass is 9.99. The molecule has 1 amide bonds. The highest BCUT2D eigenvalue weighted by molar-refractivity contribution is 6.46. The van der Waals surface area contributed by atoms with Crippen molar-refractivity contribution in [2.24, 2.45) is 0 Å². The van der Waals surface area contributed by atoms with Crippen LogP contribution in [0.3, 0.4) is 0 Å². The average molecular weight is 433 g/mol. The van der Waals surface area contributed by atoms with Gasteiger partial charge in [-0.15, -0.1) is 0 Å². The summed E-state index contributed by atoms with van der Waals surface area (Å²) in [7, 11) is 3.90. The summed E-state index contributed by atoms with van der Waals surface area (Å²) in [6.07, 6.45) is 0.